The summed E-state index contributed by atoms with van der Waals surface area (Å²) in [6.07, 6.45) is 1.21. The number of benzene rings is 1. The van der Waals surface area contributed by atoms with Gasteiger partial charge in [-0.2, -0.15) is 4.31 Å². The summed E-state index contributed by atoms with van der Waals surface area (Å²) < 4.78 is 34.5. The Bertz CT molecular complexity index is 984. The minimum absolute atomic E-state index is 0.00774. The second-order valence-electron chi connectivity index (χ2n) is 8.94. The zero-order valence-corrected chi connectivity index (χ0v) is 21.3. The highest BCUT2D eigenvalue weighted by atomic mass is 32.2. The van der Waals surface area contributed by atoms with Crippen molar-refractivity contribution in [2.24, 2.45) is 5.92 Å². The Hall–Kier alpha value is -2.28. The average molecular weight is 480 g/mol. The van der Waals surface area contributed by atoms with Crippen molar-refractivity contribution in [2.45, 2.75) is 70.5 Å². The third kappa shape index (κ3) is 6.85. The minimum Gasteiger partial charge on any atom is -0.487 e. The van der Waals surface area contributed by atoms with Crippen LogP contribution in [0.5, 0.6) is 5.75 Å². The number of nitrogens with zero attached hydrogens (tertiary/aromatic N) is 2. The Morgan fingerprint density at radius 3 is 2.67 bits per heavy atom. The highest BCUT2D eigenvalue weighted by molar-refractivity contribution is 7.89. The standard InChI is InChI=1S/C24H37N3O5S/c1-7-8-9-10-20-11-12-23-21(13-20)32-22(15-26(6)24(29)25-17(2)3)18(4)14-27(19(5)16-28)33(23,30)31/h11-13,17-19,22,28H,7-8,14-16H2,1-6H3,(H,25,29)/t18-,19-,22+/m1/s1. The van der Waals surface area contributed by atoms with Crippen LogP contribution in [0.4, 0.5) is 4.79 Å². The smallest absolute Gasteiger partial charge is 0.317 e. The van der Waals surface area contributed by atoms with E-state index in [1.807, 2.05) is 27.7 Å². The molecule has 1 aliphatic heterocycles. The molecule has 1 aliphatic rings. The number of fused-ring (bicyclic) bond motifs is 1. The number of urea groups is 1. The molecule has 0 radical (unpaired) electrons. The van der Waals surface area contributed by atoms with Crippen molar-refractivity contribution < 1.29 is 23.1 Å². The largest absolute Gasteiger partial charge is 0.487 e. The molecule has 0 fully saturated rings. The van der Waals surface area contributed by atoms with Crippen LogP contribution in [-0.2, 0) is 10.0 Å². The van der Waals surface area contributed by atoms with Crippen LogP contribution < -0.4 is 10.1 Å². The van der Waals surface area contributed by atoms with Gasteiger partial charge in [-0.1, -0.05) is 25.7 Å². The number of ether oxygens (including phenoxy) is 1. The number of nitrogens with one attached hydrogen (secondary N) is 1. The fourth-order valence-electron chi connectivity index (χ4n) is 3.52. The molecule has 33 heavy (non-hydrogen) atoms. The Balaban J connectivity index is 2.50. The number of amides is 2. The van der Waals surface area contributed by atoms with Crippen LogP contribution >= 0.6 is 0 Å². The monoisotopic (exact) mass is 479 g/mol. The number of carbonyl (C=O) groups is 1. The van der Waals surface area contributed by atoms with Gasteiger partial charge in [0.05, 0.1) is 13.2 Å². The number of aliphatic hydroxyl groups excluding tert-OH is 1. The molecule has 1 aromatic carbocycles. The molecule has 8 nitrogen and oxygen atoms in total. The van der Waals surface area contributed by atoms with Crippen molar-refractivity contribution in [1.82, 2.24) is 14.5 Å². The fourth-order valence-corrected chi connectivity index (χ4v) is 5.35. The van der Waals surface area contributed by atoms with Gasteiger partial charge in [-0.05, 0) is 45.4 Å². The van der Waals surface area contributed by atoms with E-state index in [-0.39, 0.29) is 48.3 Å². The normalized spacial score (nSPS) is 21.0. The molecule has 0 aliphatic carbocycles. The first kappa shape index (κ1) is 27.0. The zero-order chi connectivity index (χ0) is 24.8. The van der Waals surface area contributed by atoms with Crippen LogP contribution in [0.3, 0.4) is 0 Å². The first-order valence-corrected chi connectivity index (χ1v) is 12.9. The van der Waals surface area contributed by atoms with Gasteiger partial charge in [0, 0.05) is 43.6 Å². The van der Waals surface area contributed by atoms with Gasteiger partial charge < -0.3 is 20.1 Å². The molecule has 9 heteroatoms. The lowest BCUT2D eigenvalue weighted by Gasteiger charge is -2.37. The lowest BCUT2D eigenvalue weighted by atomic mass is 10.0. The van der Waals surface area contributed by atoms with E-state index in [0.29, 0.717) is 5.56 Å². The third-order valence-electron chi connectivity index (χ3n) is 5.49. The molecular weight excluding hydrogens is 442 g/mol. The third-order valence-corrected chi connectivity index (χ3v) is 7.51. The maximum Gasteiger partial charge on any atom is 0.317 e. The predicted octanol–water partition coefficient (Wildman–Crippen LogP) is 2.66. The van der Waals surface area contributed by atoms with Gasteiger partial charge in [-0.25, -0.2) is 13.2 Å². The van der Waals surface area contributed by atoms with E-state index >= 15 is 0 Å². The fraction of sp³-hybridized carbons (Fsp3) is 0.625. The van der Waals surface area contributed by atoms with Gasteiger partial charge in [0.2, 0.25) is 10.0 Å². The number of hydrogen-bond acceptors (Lipinski definition) is 5. The van der Waals surface area contributed by atoms with Gasteiger partial charge in [0.1, 0.15) is 16.7 Å². The van der Waals surface area contributed by atoms with E-state index < -0.39 is 22.2 Å². The maximum atomic E-state index is 13.5. The van der Waals surface area contributed by atoms with E-state index in [1.165, 1.54) is 10.4 Å². The Morgan fingerprint density at radius 2 is 2.06 bits per heavy atom. The lowest BCUT2D eigenvalue weighted by molar-refractivity contribution is 0.0809. The predicted molar refractivity (Wildman–Crippen MR) is 129 cm³/mol. The van der Waals surface area contributed by atoms with Gasteiger partial charge >= 0.3 is 6.03 Å². The summed E-state index contributed by atoms with van der Waals surface area (Å²) >= 11 is 0. The number of aliphatic hydroxyl groups is 1. The molecule has 2 N–H and O–H groups in total. The van der Waals surface area contributed by atoms with Crippen molar-refractivity contribution in [1.29, 1.82) is 0 Å². The SMILES string of the molecule is CCCC#Cc1ccc2c(c1)O[C@@H](CN(C)C(=O)NC(C)C)[C@H](C)CN([C@H](C)CO)S2(=O)=O. The molecule has 0 aromatic heterocycles. The number of unbranched alkanes of at least 4 members (excludes halogenated alkanes) is 1. The summed E-state index contributed by atoms with van der Waals surface area (Å²) in [4.78, 5) is 14.0. The second-order valence-corrected chi connectivity index (χ2v) is 10.8. The van der Waals surface area contributed by atoms with E-state index in [1.54, 1.807) is 31.0 Å². The summed E-state index contributed by atoms with van der Waals surface area (Å²) in [5.74, 6) is 6.09. The Morgan fingerprint density at radius 1 is 1.36 bits per heavy atom. The van der Waals surface area contributed by atoms with Crippen LogP contribution in [0.1, 0.15) is 53.0 Å². The van der Waals surface area contributed by atoms with Crippen molar-refractivity contribution in [3.8, 4) is 17.6 Å². The Kier molecular flexibility index (Phi) is 9.58. The van der Waals surface area contributed by atoms with Crippen LogP contribution in [0.15, 0.2) is 23.1 Å². The molecule has 0 spiro atoms. The van der Waals surface area contributed by atoms with Crippen molar-refractivity contribution >= 4 is 16.1 Å². The molecule has 1 aromatic rings. The van der Waals surface area contributed by atoms with Crippen molar-refractivity contribution in [3.05, 3.63) is 23.8 Å². The van der Waals surface area contributed by atoms with E-state index in [4.69, 9.17) is 4.74 Å². The second kappa shape index (κ2) is 11.7. The number of sulfonamides is 1. The van der Waals surface area contributed by atoms with Gasteiger partial charge in [0.25, 0.3) is 0 Å². The van der Waals surface area contributed by atoms with Crippen LogP contribution in [0.25, 0.3) is 0 Å². The van der Waals surface area contributed by atoms with Crippen molar-refractivity contribution in [2.75, 3.05) is 26.7 Å². The topological polar surface area (TPSA) is 99.2 Å². The first-order valence-electron chi connectivity index (χ1n) is 11.4. The zero-order valence-electron chi connectivity index (χ0n) is 20.5. The summed E-state index contributed by atoms with van der Waals surface area (Å²) in [7, 11) is -2.22. The highest BCUT2D eigenvalue weighted by Gasteiger charge is 2.38. The molecule has 2 amide bonds. The van der Waals surface area contributed by atoms with E-state index in [9.17, 15) is 18.3 Å². The molecular formula is C24H37N3O5S. The minimum atomic E-state index is -3.91. The summed E-state index contributed by atoms with van der Waals surface area (Å²) in [6, 6.07) is 4.00. The van der Waals surface area contributed by atoms with Crippen LogP contribution in [-0.4, -0.2) is 73.7 Å². The molecule has 0 unspecified atom stereocenters. The number of hydrogen-bond donors (Lipinski definition) is 2. The van der Waals surface area contributed by atoms with Gasteiger partial charge in [-0.15, -0.1) is 0 Å². The number of rotatable bonds is 6. The molecule has 184 valence electrons. The molecule has 3 atom stereocenters. The molecule has 0 bridgehead atoms. The van der Waals surface area contributed by atoms with E-state index in [2.05, 4.69) is 17.2 Å². The van der Waals surface area contributed by atoms with Crippen LogP contribution in [0, 0.1) is 17.8 Å². The maximum absolute atomic E-state index is 13.5. The molecule has 2 rings (SSSR count). The first-order chi connectivity index (χ1) is 15.5. The van der Waals surface area contributed by atoms with Gasteiger partial charge in [-0.3, -0.25) is 0 Å². The number of carbonyl (C=O) groups excluding carboxylic acids is 1. The summed E-state index contributed by atoms with van der Waals surface area (Å²) in [5.41, 5.74) is 0.664. The molecule has 0 saturated heterocycles. The summed E-state index contributed by atoms with van der Waals surface area (Å²) in [6.45, 7) is 9.51. The van der Waals surface area contributed by atoms with Crippen molar-refractivity contribution in [3.63, 3.8) is 0 Å². The highest BCUT2D eigenvalue weighted by Crippen LogP contribution is 2.34. The molecule has 1 heterocycles. The summed E-state index contributed by atoms with van der Waals surface area (Å²) in [5, 5.41) is 12.6. The van der Waals surface area contributed by atoms with E-state index in [0.717, 1.165) is 12.8 Å². The Labute approximate surface area is 198 Å². The number of likely N-dealkylation sites (N-methyl/N-ethyl adjacent to an activating group) is 1. The molecule has 0 saturated carbocycles. The lowest BCUT2D eigenvalue weighted by Crippen LogP contribution is -2.51. The average Bonchev–Trinajstić information content (AvgIpc) is 2.75. The quantitative estimate of drug-likeness (QED) is 0.611. The van der Waals surface area contributed by atoms with Gasteiger partial charge in [0.15, 0.2) is 0 Å². The van der Waals surface area contributed by atoms with Crippen LogP contribution in [0.2, 0.25) is 0 Å².